The maximum Gasteiger partial charge on any atom is 0.416 e. The average Bonchev–Trinajstić information content (AvgIpc) is 3.19. The molecule has 2 amide bonds. The van der Waals surface area contributed by atoms with Crippen molar-refractivity contribution in [3.63, 3.8) is 0 Å². The van der Waals surface area contributed by atoms with Crippen LogP contribution in [0.3, 0.4) is 0 Å². The average molecular weight is 517 g/mol. The number of carbonyl (C=O) groups is 2. The SMILES string of the molecule is CNN(C)C(=O)c1c(NC(C)=O)nn2c(-c3ccc(C(F)(F)F)cc3)c(-c3ccccc3Cl)cnc12. The zero-order valence-electron chi connectivity index (χ0n) is 19.3. The molecule has 4 rings (SSSR count). The Morgan fingerprint density at radius 3 is 2.31 bits per heavy atom. The van der Waals surface area contributed by atoms with E-state index in [1.807, 2.05) is 0 Å². The molecule has 186 valence electrons. The van der Waals surface area contributed by atoms with Gasteiger partial charge in [-0.05, 0) is 18.2 Å². The van der Waals surface area contributed by atoms with E-state index in [2.05, 4.69) is 20.8 Å². The van der Waals surface area contributed by atoms with Crippen LogP contribution in [0.2, 0.25) is 5.02 Å². The van der Waals surface area contributed by atoms with Crippen molar-refractivity contribution in [2.45, 2.75) is 13.1 Å². The molecule has 0 fully saturated rings. The van der Waals surface area contributed by atoms with Gasteiger partial charge in [-0.3, -0.25) is 14.6 Å². The molecule has 12 heteroatoms. The predicted octanol–water partition coefficient (Wildman–Crippen LogP) is 4.90. The molecule has 0 bridgehead atoms. The lowest BCUT2D eigenvalue weighted by atomic mass is 9.99. The molecule has 0 aliphatic heterocycles. The number of rotatable bonds is 5. The number of anilines is 1. The van der Waals surface area contributed by atoms with Gasteiger partial charge in [0.1, 0.15) is 5.56 Å². The minimum atomic E-state index is -4.51. The van der Waals surface area contributed by atoms with Crippen molar-refractivity contribution in [2.75, 3.05) is 19.4 Å². The van der Waals surface area contributed by atoms with E-state index in [1.165, 1.54) is 48.9 Å². The fourth-order valence-corrected chi connectivity index (χ4v) is 3.91. The summed E-state index contributed by atoms with van der Waals surface area (Å²) < 4.78 is 41.0. The molecule has 0 atom stereocenters. The Labute approximate surface area is 208 Å². The number of halogens is 4. The molecular formula is C24H20ClF3N6O2. The summed E-state index contributed by atoms with van der Waals surface area (Å²) in [4.78, 5) is 29.5. The lowest BCUT2D eigenvalue weighted by molar-refractivity contribution is -0.137. The standard InChI is InChI=1S/C24H20ClF3N6O2/c1-13(35)31-21-19(23(36)33(3)29-2)22-30-12-17(16-6-4-5-7-18(16)25)20(34(22)32-21)14-8-10-15(11-9-14)24(26,27)28/h4-12,29H,1-3H3,(H,31,32,35). The fraction of sp³-hybridized carbons (Fsp3) is 0.167. The molecule has 0 unspecified atom stereocenters. The van der Waals surface area contributed by atoms with Crippen molar-refractivity contribution in [3.8, 4) is 22.4 Å². The van der Waals surface area contributed by atoms with Crippen LogP contribution < -0.4 is 10.7 Å². The Hall–Kier alpha value is -3.96. The minimum Gasteiger partial charge on any atom is -0.309 e. The van der Waals surface area contributed by atoms with E-state index >= 15 is 0 Å². The molecule has 36 heavy (non-hydrogen) atoms. The van der Waals surface area contributed by atoms with Gasteiger partial charge in [0.15, 0.2) is 11.5 Å². The summed E-state index contributed by atoms with van der Waals surface area (Å²) in [7, 11) is 3.02. The van der Waals surface area contributed by atoms with Crippen molar-refractivity contribution < 1.29 is 22.8 Å². The maximum atomic E-state index is 13.2. The van der Waals surface area contributed by atoms with Gasteiger partial charge in [-0.25, -0.2) is 14.9 Å². The largest absolute Gasteiger partial charge is 0.416 e. The van der Waals surface area contributed by atoms with Gasteiger partial charge >= 0.3 is 6.18 Å². The molecule has 2 aromatic carbocycles. The van der Waals surface area contributed by atoms with Crippen LogP contribution >= 0.6 is 11.6 Å². The summed E-state index contributed by atoms with van der Waals surface area (Å²) in [6, 6.07) is 11.4. The Bertz CT molecular complexity index is 1470. The summed E-state index contributed by atoms with van der Waals surface area (Å²) >= 11 is 6.44. The number of fused-ring (bicyclic) bond motifs is 1. The van der Waals surface area contributed by atoms with Crippen LogP contribution in [0.25, 0.3) is 28.0 Å². The monoisotopic (exact) mass is 516 g/mol. The Kier molecular flexibility index (Phi) is 6.70. The Morgan fingerprint density at radius 1 is 1.06 bits per heavy atom. The van der Waals surface area contributed by atoms with Gasteiger partial charge in [0.2, 0.25) is 5.91 Å². The van der Waals surface area contributed by atoms with Gasteiger partial charge in [0, 0.05) is 48.9 Å². The lowest BCUT2D eigenvalue weighted by Gasteiger charge is -2.16. The van der Waals surface area contributed by atoms with Gasteiger partial charge in [-0.2, -0.15) is 13.2 Å². The molecule has 2 aromatic heterocycles. The van der Waals surface area contributed by atoms with E-state index in [9.17, 15) is 22.8 Å². The summed E-state index contributed by atoms with van der Waals surface area (Å²) in [6.07, 6.45) is -3.04. The van der Waals surface area contributed by atoms with Crippen molar-refractivity contribution >= 4 is 34.9 Å². The van der Waals surface area contributed by atoms with Crippen LogP contribution in [0.4, 0.5) is 19.0 Å². The second-order valence-corrected chi connectivity index (χ2v) is 8.21. The molecule has 0 aliphatic rings. The Balaban J connectivity index is 2.08. The molecule has 2 N–H and O–H groups in total. The highest BCUT2D eigenvalue weighted by atomic mass is 35.5. The summed E-state index contributed by atoms with van der Waals surface area (Å²) in [5.41, 5.74) is 3.69. The zero-order chi connectivity index (χ0) is 26.2. The third kappa shape index (κ3) is 4.62. The smallest absolute Gasteiger partial charge is 0.309 e. The predicted molar refractivity (Wildman–Crippen MR) is 129 cm³/mol. The van der Waals surface area contributed by atoms with Crippen LogP contribution in [-0.4, -0.2) is 45.5 Å². The summed E-state index contributed by atoms with van der Waals surface area (Å²) in [6.45, 7) is 1.26. The number of alkyl halides is 3. The van der Waals surface area contributed by atoms with Crippen molar-refractivity contribution in [1.82, 2.24) is 25.0 Å². The number of carbonyl (C=O) groups excluding carboxylic acids is 2. The number of aromatic nitrogens is 3. The zero-order valence-corrected chi connectivity index (χ0v) is 20.1. The number of hydrogen-bond donors (Lipinski definition) is 2. The number of hydrazine groups is 1. The van der Waals surface area contributed by atoms with E-state index in [0.717, 1.165) is 12.1 Å². The molecule has 8 nitrogen and oxygen atoms in total. The third-order valence-electron chi connectivity index (χ3n) is 5.44. The number of benzene rings is 2. The van der Waals surface area contributed by atoms with Gasteiger partial charge in [-0.1, -0.05) is 41.9 Å². The van der Waals surface area contributed by atoms with Crippen LogP contribution in [0, 0.1) is 0 Å². The number of nitrogens with zero attached hydrogens (tertiary/aromatic N) is 4. The highest BCUT2D eigenvalue weighted by molar-refractivity contribution is 6.33. The van der Waals surface area contributed by atoms with E-state index < -0.39 is 23.6 Å². The molecule has 0 spiro atoms. The third-order valence-corrected chi connectivity index (χ3v) is 5.77. The van der Waals surface area contributed by atoms with E-state index in [1.54, 1.807) is 24.3 Å². The van der Waals surface area contributed by atoms with E-state index in [0.29, 0.717) is 27.4 Å². The van der Waals surface area contributed by atoms with Crippen LogP contribution in [0.1, 0.15) is 22.8 Å². The molecule has 0 aliphatic carbocycles. The van der Waals surface area contributed by atoms with Crippen LogP contribution in [0.5, 0.6) is 0 Å². The molecule has 0 saturated carbocycles. The minimum absolute atomic E-state index is 0.000852. The summed E-state index contributed by atoms with van der Waals surface area (Å²) in [5, 5.41) is 8.54. The first-order valence-corrected chi connectivity index (χ1v) is 11.0. The molecule has 2 heterocycles. The first kappa shape index (κ1) is 25.1. The first-order chi connectivity index (χ1) is 17.0. The fourth-order valence-electron chi connectivity index (χ4n) is 3.68. The van der Waals surface area contributed by atoms with E-state index in [4.69, 9.17) is 11.6 Å². The molecular weight excluding hydrogens is 497 g/mol. The van der Waals surface area contributed by atoms with E-state index in [-0.39, 0.29) is 17.0 Å². The lowest BCUT2D eigenvalue weighted by Crippen LogP contribution is -2.37. The first-order valence-electron chi connectivity index (χ1n) is 10.6. The second-order valence-electron chi connectivity index (χ2n) is 7.80. The number of hydrogen-bond acceptors (Lipinski definition) is 5. The normalized spacial score (nSPS) is 11.5. The van der Waals surface area contributed by atoms with Gasteiger partial charge in [0.25, 0.3) is 5.91 Å². The Morgan fingerprint density at radius 2 is 1.72 bits per heavy atom. The van der Waals surface area contributed by atoms with Crippen molar-refractivity contribution in [2.24, 2.45) is 0 Å². The maximum absolute atomic E-state index is 13.2. The van der Waals surface area contributed by atoms with Gasteiger partial charge in [-0.15, -0.1) is 5.10 Å². The number of amides is 2. The topological polar surface area (TPSA) is 91.6 Å². The van der Waals surface area contributed by atoms with Crippen molar-refractivity contribution in [3.05, 3.63) is 70.9 Å². The highest BCUT2D eigenvalue weighted by Gasteiger charge is 2.31. The van der Waals surface area contributed by atoms with Gasteiger partial charge in [0.05, 0.1) is 11.3 Å². The highest BCUT2D eigenvalue weighted by Crippen LogP contribution is 2.38. The molecule has 0 saturated heterocycles. The second kappa shape index (κ2) is 9.59. The summed E-state index contributed by atoms with van der Waals surface area (Å²) in [5.74, 6) is -1.05. The quantitative estimate of drug-likeness (QED) is 0.368. The van der Waals surface area contributed by atoms with Crippen LogP contribution in [0.15, 0.2) is 54.7 Å². The van der Waals surface area contributed by atoms with Gasteiger partial charge < -0.3 is 5.32 Å². The number of nitrogens with one attached hydrogen (secondary N) is 2. The van der Waals surface area contributed by atoms with Crippen LogP contribution in [-0.2, 0) is 11.0 Å². The molecule has 0 radical (unpaired) electrons. The van der Waals surface area contributed by atoms with Crippen molar-refractivity contribution in [1.29, 1.82) is 0 Å². The molecule has 4 aromatic rings.